The maximum atomic E-state index is 6.00. The van der Waals surface area contributed by atoms with E-state index in [9.17, 15) is 0 Å². The van der Waals surface area contributed by atoms with Crippen molar-refractivity contribution < 1.29 is 9.47 Å². The van der Waals surface area contributed by atoms with Crippen LogP contribution in [-0.2, 0) is 9.47 Å². The first-order valence-corrected chi connectivity index (χ1v) is 5.54. The minimum atomic E-state index is 0.238. The third-order valence-electron chi connectivity index (χ3n) is 2.45. The van der Waals surface area contributed by atoms with Crippen molar-refractivity contribution in [3.8, 4) is 0 Å². The lowest BCUT2D eigenvalue weighted by atomic mass is 9.97. The molecule has 0 saturated heterocycles. The van der Waals surface area contributed by atoms with Crippen molar-refractivity contribution in [1.82, 2.24) is 0 Å². The van der Waals surface area contributed by atoms with Crippen LogP contribution in [0.1, 0.15) is 33.1 Å². The molecule has 0 aromatic carbocycles. The van der Waals surface area contributed by atoms with Crippen LogP contribution in [-0.4, -0.2) is 33.0 Å². The highest BCUT2D eigenvalue weighted by atomic mass is 16.5. The van der Waals surface area contributed by atoms with Crippen molar-refractivity contribution in [1.29, 1.82) is 0 Å². The molecule has 0 bridgehead atoms. The summed E-state index contributed by atoms with van der Waals surface area (Å²) in [6.07, 6.45) is 3.06. The van der Waals surface area contributed by atoms with Crippen LogP contribution in [0.25, 0.3) is 0 Å². The van der Waals surface area contributed by atoms with Crippen molar-refractivity contribution in [2.45, 2.75) is 39.2 Å². The van der Waals surface area contributed by atoms with Gasteiger partial charge in [0.25, 0.3) is 0 Å². The third-order valence-corrected chi connectivity index (χ3v) is 2.45. The Balaban J connectivity index is 3.36. The fourth-order valence-corrected chi connectivity index (χ4v) is 1.27. The van der Waals surface area contributed by atoms with Gasteiger partial charge in [-0.1, -0.05) is 13.8 Å². The Morgan fingerprint density at radius 2 is 1.86 bits per heavy atom. The van der Waals surface area contributed by atoms with Crippen LogP contribution in [0.15, 0.2) is 0 Å². The van der Waals surface area contributed by atoms with E-state index in [0.29, 0.717) is 5.92 Å². The van der Waals surface area contributed by atoms with Gasteiger partial charge >= 0.3 is 0 Å². The molecular weight excluding hydrogens is 178 g/mol. The first-order chi connectivity index (χ1) is 6.72. The molecule has 0 saturated carbocycles. The van der Waals surface area contributed by atoms with Gasteiger partial charge in [-0.2, -0.15) is 0 Å². The summed E-state index contributed by atoms with van der Waals surface area (Å²) in [5.74, 6) is 0.514. The van der Waals surface area contributed by atoms with Crippen molar-refractivity contribution in [3.63, 3.8) is 0 Å². The number of methoxy groups -OCH3 is 1. The van der Waals surface area contributed by atoms with Crippen molar-refractivity contribution in [2.24, 2.45) is 11.7 Å². The lowest BCUT2D eigenvalue weighted by molar-refractivity contribution is 0.118. The lowest BCUT2D eigenvalue weighted by Gasteiger charge is -2.19. The summed E-state index contributed by atoms with van der Waals surface area (Å²) in [5.41, 5.74) is 6.00. The SMILES string of the molecule is CCCOCCC(N)C(C)CCOC. The number of hydrogen-bond acceptors (Lipinski definition) is 3. The second kappa shape index (κ2) is 9.44. The van der Waals surface area contributed by atoms with Crippen LogP contribution in [0.4, 0.5) is 0 Å². The predicted molar refractivity (Wildman–Crippen MR) is 59.4 cm³/mol. The third kappa shape index (κ3) is 7.30. The minimum Gasteiger partial charge on any atom is -0.385 e. The summed E-state index contributed by atoms with van der Waals surface area (Å²) in [4.78, 5) is 0. The van der Waals surface area contributed by atoms with Crippen LogP contribution in [0, 0.1) is 5.92 Å². The van der Waals surface area contributed by atoms with Crippen LogP contribution in [0.2, 0.25) is 0 Å². The Hall–Kier alpha value is -0.120. The fourth-order valence-electron chi connectivity index (χ4n) is 1.27. The zero-order valence-electron chi connectivity index (χ0n) is 9.79. The second-order valence-electron chi connectivity index (χ2n) is 3.82. The van der Waals surface area contributed by atoms with Gasteiger partial charge in [-0.05, 0) is 25.2 Å². The van der Waals surface area contributed by atoms with Gasteiger partial charge in [0.05, 0.1) is 0 Å². The Morgan fingerprint density at radius 3 is 2.43 bits per heavy atom. The van der Waals surface area contributed by atoms with E-state index in [2.05, 4.69) is 13.8 Å². The van der Waals surface area contributed by atoms with Crippen LogP contribution in [0.3, 0.4) is 0 Å². The molecule has 0 aliphatic heterocycles. The first-order valence-electron chi connectivity index (χ1n) is 5.54. The van der Waals surface area contributed by atoms with E-state index in [1.54, 1.807) is 7.11 Å². The highest BCUT2D eigenvalue weighted by Crippen LogP contribution is 2.09. The van der Waals surface area contributed by atoms with E-state index >= 15 is 0 Å². The molecule has 0 spiro atoms. The van der Waals surface area contributed by atoms with Crippen molar-refractivity contribution in [2.75, 3.05) is 26.9 Å². The summed E-state index contributed by atoms with van der Waals surface area (Å²) in [6, 6.07) is 0.238. The number of ether oxygens (including phenoxy) is 2. The molecule has 0 aromatic rings. The molecule has 0 rings (SSSR count). The maximum absolute atomic E-state index is 6.00. The zero-order valence-corrected chi connectivity index (χ0v) is 9.79. The van der Waals surface area contributed by atoms with Gasteiger partial charge in [-0.25, -0.2) is 0 Å². The Labute approximate surface area is 88.0 Å². The number of rotatable bonds is 9. The van der Waals surface area contributed by atoms with Gasteiger partial charge in [-0.3, -0.25) is 0 Å². The van der Waals surface area contributed by atoms with Gasteiger partial charge in [0.1, 0.15) is 0 Å². The lowest BCUT2D eigenvalue weighted by Crippen LogP contribution is -2.30. The van der Waals surface area contributed by atoms with Crippen LogP contribution < -0.4 is 5.73 Å². The highest BCUT2D eigenvalue weighted by molar-refractivity contribution is 4.68. The molecule has 3 nitrogen and oxygen atoms in total. The Kier molecular flexibility index (Phi) is 9.35. The quantitative estimate of drug-likeness (QED) is 0.581. The van der Waals surface area contributed by atoms with Gasteiger partial charge in [0.15, 0.2) is 0 Å². The average molecular weight is 203 g/mol. The fraction of sp³-hybridized carbons (Fsp3) is 1.00. The molecule has 86 valence electrons. The second-order valence-corrected chi connectivity index (χ2v) is 3.82. The van der Waals surface area contributed by atoms with Crippen molar-refractivity contribution in [3.05, 3.63) is 0 Å². The van der Waals surface area contributed by atoms with Gasteiger partial charge in [0.2, 0.25) is 0 Å². The maximum Gasteiger partial charge on any atom is 0.0480 e. The molecule has 3 heteroatoms. The Morgan fingerprint density at radius 1 is 1.14 bits per heavy atom. The average Bonchev–Trinajstić information content (AvgIpc) is 2.20. The summed E-state index contributed by atoms with van der Waals surface area (Å²) in [5, 5.41) is 0. The van der Waals surface area contributed by atoms with E-state index in [4.69, 9.17) is 15.2 Å². The predicted octanol–water partition coefficient (Wildman–Crippen LogP) is 1.80. The summed E-state index contributed by atoms with van der Waals surface area (Å²) >= 11 is 0. The topological polar surface area (TPSA) is 44.5 Å². The Bertz CT molecular complexity index is 120. The molecule has 14 heavy (non-hydrogen) atoms. The molecule has 0 heterocycles. The van der Waals surface area contributed by atoms with Gasteiger partial charge in [-0.15, -0.1) is 0 Å². The van der Waals surface area contributed by atoms with Crippen LogP contribution in [0.5, 0.6) is 0 Å². The highest BCUT2D eigenvalue weighted by Gasteiger charge is 2.11. The summed E-state index contributed by atoms with van der Waals surface area (Å²) in [7, 11) is 1.72. The molecule has 0 radical (unpaired) electrons. The molecule has 2 unspecified atom stereocenters. The van der Waals surface area contributed by atoms with Gasteiger partial charge in [0, 0.05) is 33.0 Å². The van der Waals surface area contributed by atoms with E-state index in [-0.39, 0.29) is 6.04 Å². The first kappa shape index (κ1) is 13.9. The minimum absolute atomic E-state index is 0.238. The largest absolute Gasteiger partial charge is 0.385 e. The van der Waals surface area contributed by atoms with Crippen LogP contribution >= 0.6 is 0 Å². The number of hydrogen-bond donors (Lipinski definition) is 1. The molecule has 2 atom stereocenters. The molecule has 0 amide bonds. The normalized spacial score (nSPS) is 15.4. The summed E-state index contributed by atoms with van der Waals surface area (Å²) < 4.78 is 10.4. The van der Waals surface area contributed by atoms with Crippen molar-refractivity contribution >= 4 is 0 Å². The smallest absolute Gasteiger partial charge is 0.0480 e. The monoisotopic (exact) mass is 203 g/mol. The van der Waals surface area contributed by atoms with E-state index in [1.807, 2.05) is 0 Å². The van der Waals surface area contributed by atoms with E-state index in [1.165, 1.54) is 0 Å². The van der Waals surface area contributed by atoms with Gasteiger partial charge < -0.3 is 15.2 Å². The molecular formula is C11H25NO2. The molecule has 0 fully saturated rings. The standard InChI is InChI=1S/C11H25NO2/c1-4-7-14-9-6-11(12)10(2)5-8-13-3/h10-11H,4-9,12H2,1-3H3. The number of nitrogens with two attached hydrogens (primary N) is 1. The summed E-state index contributed by atoms with van der Waals surface area (Å²) in [6.45, 7) is 6.71. The van der Waals surface area contributed by atoms with E-state index < -0.39 is 0 Å². The van der Waals surface area contributed by atoms with E-state index in [0.717, 1.165) is 39.1 Å². The molecule has 0 aromatic heterocycles. The molecule has 2 N–H and O–H groups in total. The molecule has 0 aliphatic rings. The molecule has 0 aliphatic carbocycles. The zero-order chi connectivity index (χ0) is 10.8.